The standard InChI is InChI=1S/C5H9NO/c1-3-6(4-2)5-7/h1,3-4H2,2H3/q+1. The van der Waals surface area contributed by atoms with E-state index in [2.05, 4.69) is 6.92 Å². The molecule has 0 atom stereocenters. The summed E-state index contributed by atoms with van der Waals surface area (Å²) in [6.07, 6.45) is 1.72. The Balaban J connectivity index is 3.23. The maximum atomic E-state index is 9.73. The monoisotopic (exact) mass is 99.1 g/mol. The Morgan fingerprint density at radius 3 is 2.43 bits per heavy atom. The second-order valence-electron chi connectivity index (χ2n) is 1.17. The summed E-state index contributed by atoms with van der Waals surface area (Å²) < 4.78 is 9.73. The van der Waals surface area contributed by atoms with E-state index in [4.69, 9.17) is 0 Å². The van der Waals surface area contributed by atoms with Crippen LogP contribution >= 0.6 is 0 Å². The van der Waals surface area contributed by atoms with Gasteiger partial charge < -0.3 is 0 Å². The van der Waals surface area contributed by atoms with Crippen LogP contribution in [0.1, 0.15) is 6.92 Å². The van der Waals surface area contributed by atoms with Crippen molar-refractivity contribution in [2.75, 3.05) is 13.1 Å². The van der Waals surface area contributed by atoms with E-state index in [1.165, 1.54) is 4.90 Å². The molecule has 0 rings (SSSR count). The zero-order valence-electron chi connectivity index (χ0n) is 4.48. The molecule has 0 aromatic rings. The molecule has 0 unspecified atom stereocenters. The van der Waals surface area contributed by atoms with Crippen molar-refractivity contribution in [2.24, 2.45) is 0 Å². The molecule has 0 aromatic heterocycles. The molecule has 0 N–H and O–H groups in total. The van der Waals surface area contributed by atoms with Gasteiger partial charge >= 0.3 is 42.8 Å². The van der Waals surface area contributed by atoms with Crippen molar-refractivity contribution in [2.45, 2.75) is 6.92 Å². The third-order valence-corrected chi connectivity index (χ3v) is 0.781. The quantitative estimate of drug-likeness (QED) is 0.365. The van der Waals surface area contributed by atoms with Crippen molar-refractivity contribution in [1.29, 1.82) is 0 Å². The topological polar surface area (TPSA) is 23.1 Å². The first-order valence-electron chi connectivity index (χ1n) is 2.27. The van der Waals surface area contributed by atoms with Crippen molar-refractivity contribution in [3.8, 4) is 6.27 Å². The Kier molecular flexibility index (Phi) is 3.48. The van der Waals surface area contributed by atoms with Crippen molar-refractivity contribution in [3.05, 3.63) is 6.92 Å². The minimum atomic E-state index is 0.514. The average molecular weight is 99.1 g/mol. The summed E-state index contributed by atoms with van der Waals surface area (Å²) in [4.78, 5) is 1.46. The van der Waals surface area contributed by atoms with E-state index in [1.807, 2.05) is 6.92 Å². The summed E-state index contributed by atoms with van der Waals surface area (Å²) in [7, 11) is 0. The number of rotatable bonds is 2. The normalized spacial score (nSPS) is 7.57. The average Bonchev–Trinajstić information content (AvgIpc) is 1.72. The van der Waals surface area contributed by atoms with Crippen molar-refractivity contribution >= 4 is 0 Å². The van der Waals surface area contributed by atoms with Gasteiger partial charge in [0, 0.05) is 0 Å². The molecule has 2 nitrogen and oxygen atoms in total. The molecule has 0 aliphatic heterocycles. The van der Waals surface area contributed by atoms with Gasteiger partial charge in [0.2, 0.25) is 0 Å². The van der Waals surface area contributed by atoms with E-state index < -0.39 is 0 Å². The molecule has 0 aliphatic carbocycles. The Morgan fingerprint density at radius 2 is 2.43 bits per heavy atom. The number of hydrogen-bond donors (Lipinski definition) is 0. The SMILES string of the molecule is [CH2]CN(C#[O+])CC. The summed E-state index contributed by atoms with van der Waals surface area (Å²) in [5.41, 5.74) is 0. The molecule has 0 aliphatic rings. The summed E-state index contributed by atoms with van der Waals surface area (Å²) in [5, 5.41) is 0. The van der Waals surface area contributed by atoms with Gasteiger partial charge in [-0.25, -0.2) is 0 Å². The van der Waals surface area contributed by atoms with Gasteiger partial charge in [-0.05, 0) is 0 Å². The zero-order valence-corrected chi connectivity index (χ0v) is 4.48. The molecule has 0 saturated heterocycles. The second-order valence-corrected chi connectivity index (χ2v) is 1.17. The van der Waals surface area contributed by atoms with Crippen LogP contribution in [0, 0.1) is 13.2 Å². The molecular formula is C5H9NO+. The molecule has 1 radical (unpaired) electrons. The van der Waals surface area contributed by atoms with Crippen LogP contribution in [0.2, 0.25) is 0 Å². The Hall–Kier alpha value is -0.460. The van der Waals surface area contributed by atoms with Crippen LogP contribution in [0.5, 0.6) is 0 Å². The van der Waals surface area contributed by atoms with Crippen molar-refractivity contribution < 1.29 is 4.65 Å². The van der Waals surface area contributed by atoms with E-state index in [9.17, 15) is 4.65 Å². The summed E-state index contributed by atoms with van der Waals surface area (Å²) in [6.45, 7) is 6.59. The zero-order chi connectivity index (χ0) is 5.70. The van der Waals surface area contributed by atoms with Gasteiger partial charge in [-0.15, -0.1) is 0 Å². The third-order valence-electron chi connectivity index (χ3n) is 0.781. The molecule has 0 bridgehead atoms. The van der Waals surface area contributed by atoms with E-state index in [0.717, 1.165) is 0 Å². The summed E-state index contributed by atoms with van der Waals surface area (Å²) in [6, 6.07) is 0. The Labute approximate surface area is 43.8 Å². The van der Waals surface area contributed by atoms with Crippen LogP contribution in [0.3, 0.4) is 0 Å². The second kappa shape index (κ2) is 3.72. The summed E-state index contributed by atoms with van der Waals surface area (Å²) >= 11 is 0. The number of nitrogens with zero attached hydrogens (tertiary/aromatic N) is 1. The first kappa shape index (κ1) is 6.54. The van der Waals surface area contributed by atoms with Gasteiger partial charge in [0.1, 0.15) is 0 Å². The molecule has 0 saturated carbocycles. The van der Waals surface area contributed by atoms with Gasteiger partial charge in [-0.2, -0.15) is 0 Å². The van der Waals surface area contributed by atoms with Gasteiger partial charge in [0.05, 0.1) is 0 Å². The first-order valence-corrected chi connectivity index (χ1v) is 2.27. The molecule has 7 heavy (non-hydrogen) atoms. The van der Waals surface area contributed by atoms with Gasteiger partial charge in [-0.1, -0.05) is 0 Å². The van der Waals surface area contributed by atoms with Gasteiger partial charge in [-0.3, -0.25) is 0 Å². The van der Waals surface area contributed by atoms with Crippen LogP contribution in [0.4, 0.5) is 0 Å². The van der Waals surface area contributed by atoms with Crippen molar-refractivity contribution in [1.82, 2.24) is 4.90 Å². The van der Waals surface area contributed by atoms with Crippen LogP contribution in [0.25, 0.3) is 0 Å². The Morgan fingerprint density at radius 1 is 1.86 bits per heavy atom. The van der Waals surface area contributed by atoms with Crippen molar-refractivity contribution in [3.63, 3.8) is 0 Å². The fraction of sp³-hybridized carbons (Fsp3) is 0.600. The van der Waals surface area contributed by atoms with Crippen LogP contribution in [-0.4, -0.2) is 18.0 Å². The van der Waals surface area contributed by atoms with E-state index >= 15 is 0 Å². The minimum absolute atomic E-state index is 0.514. The summed E-state index contributed by atoms with van der Waals surface area (Å²) in [5.74, 6) is 0. The molecule has 39 valence electrons. The van der Waals surface area contributed by atoms with Crippen LogP contribution in [0.15, 0.2) is 0 Å². The van der Waals surface area contributed by atoms with Gasteiger partial charge in [0.15, 0.2) is 0 Å². The molecule has 0 aromatic carbocycles. The van der Waals surface area contributed by atoms with E-state index in [-0.39, 0.29) is 0 Å². The maximum absolute atomic E-state index is 9.73. The fourth-order valence-electron chi connectivity index (χ4n) is 0.268. The van der Waals surface area contributed by atoms with Gasteiger partial charge in [0.25, 0.3) is 0 Å². The molecule has 2 heteroatoms. The number of hydrogen-bond acceptors (Lipinski definition) is 1. The van der Waals surface area contributed by atoms with Crippen LogP contribution in [-0.2, 0) is 4.65 Å². The Bertz CT molecular complexity index is 70.6. The van der Waals surface area contributed by atoms with Crippen LogP contribution < -0.4 is 0 Å². The molecule has 0 amide bonds. The third kappa shape index (κ3) is 2.26. The predicted molar refractivity (Wildman–Crippen MR) is 27.2 cm³/mol. The first-order chi connectivity index (χ1) is 3.35. The predicted octanol–water partition coefficient (Wildman–Crippen LogP) is 0.490. The molecule has 0 heterocycles. The molecule has 0 fully saturated rings. The van der Waals surface area contributed by atoms with E-state index in [0.29, 0.717) is 13.1 Å². The van der Waals surface area contributed by atoms with E-state index in [1.54, 1.807) is 6.27 Å². The fourth-order valence-corrected chi connectivity index (χ4v) is 0.268. The molecule has 0 spiro atoms. The molecular weight excluding hydrogens is 90.1 g/mol.